The number of nitrogens with one attached hydrogen (secondary N) is 1. The van der Waals surface area contributed by atoms with E-state index in [1.54, 1.807) is 0 Å². The average molecular weight is 210 g/mol. The van der Waals surface area contributed by atoms with Crippen LogP contribution in [-0.2, 0) is 4.79 Å². The van der Waals surface area contributed by atoms with Gasteiger partial charge in [0.1, 0.15) is 0 Å². The molecule has 15 heavy (non-hydrogen) atoms. The fourth-order valence-electron chi connectivity index (χ4n) is 2.50. The molecule has 1 heterocycles. The van der Waals surface area contributed by atoms with E-state index in [1.165, 1.54) is 6.42 Å². The lowest BCUT2D eigenvalue weighted by Gasteiger charge is -2.25. The molecule has 1 aliphatic heterocycles. The number of carbonyl (C=O) groups excluding carboxylic acids is 1. The number of amides is 1. The number of nitrogens with zero attached hydrogens (tertiary/aromatic N) is 1. The van der Waals surface area contributed by atoms with Gasteiger partial charge in [-0.25, -0.2) is 0 Å². The average Bonchev–Trinajstić information content (AvgIpc) is 2.67. The van der Waals surface area contributed by atoms with Crippen molar-refractivity contribution < 1.29 is 4.79 Å². The molecule has 2 fully saturated rings. The van der Waals surface area contributed by atoms with Gasteiger partial charge in [0, 0.05) is 25.0 Å². The Bertz CT molecular complexity index is 275. The summed E-state index contributed by atoms with van der Waals surface area (Å²) >= 11 is 0. The maximum Gasteiger partial charge on any atom is 0.223 e. The second-order valence-corrected chi connectivity index (χ2v) is 5.72. The highest BCUT2D eigenvalue weighted by Crippen LogP contribution is 2.50. The quantitative estimate of drug-likeness (QED) is 0.760. The summed E-state index contributed by atoms with van der Waals surface area (Å²) in [5.74, 6) is 1.03. The fourth-order valence-corrected chi connectivity index (χ4v) is 2.50. The van der Waals surface area contributed by atoms with E-state index >= 15 is 0 Å². The van der Waals surface area contributed by atoms with Gasteiger partial charge in [-0.3, -0.25) is 9.69 Å². The monoisotopic (exact) mass is 210 g/mol. The van der Waals surface area contributed by atoms with Crippen molar-refractivity contribution in [1.82, 2.24) is 10.2 Å². The number of hydrogen-bond acceptors (Lipinski definition) is 2. The van der Waals surface area contributed by atoms with Gasteiger partial charge in [0.2, 0.25) is 5.91 Å². The molecule has 0 spiro atoms. The minimum Gasteiger partial charge on any atom is -0.349 e. The summed E-state index contributed by atoms with van der Waals surface area (Å²) in [4.78, 5) is 14.1. The molecule has 3 heteroatoms. The number of carbonyl (C=O) groups is 1. The van der Waals surface area contributed by atoms with Crippen LogP contribution in [-0.4, -0.2) is 35.5 Å². The van der Waals surface area contributed by atoms with Gasteiger partial charge in [0.05, 0.1) is 5.54 Å². The van der Waals surface area contributed by atoms with Crippen LogP contribution in [0.15, 0.2) is 0 Å². The van der Waals surface area contributed by atoms with Gasteiger partial charge in [-0.05, 0) is 26.2 Å². The number of rotatable bonds is 3. The van der Waals surface area contributed by atoms with E-state index in [2.05, 4.69) is 24.1 Å². The molecule has 0 bridgehead atoms. The van der Waals surface area contributed by atoms with Gasteiger partial charge in [-0.15, -0.1) is 0 Å². The molecule has 3 nitrogen and oxygen atoms in total. The van der Waals surface area contributed by atoms with Crippen molar-refractivity contribution in [3.05, 3.63) is 0 Å². The third-order valence-corrected chi connectivity index (χ3v) is 3.80. The van der Waals surface area contributed by atoms with Crippen LogP contribution >= 0.6 is 0 Å². The maximum atomic E-state index is 11.7. The van der Waals surface area contributed by atoms with E-state index in [0.29, 0.717) is 12.0 Å². The predicted molar refractivity (Wildman–Crippen MR) is 60.5 cm³/mol. The van der Waals surface area contributed by atoms with Crippen molar-refractivity contribution in [3.8, 4) is 0 Å². The Morgan fingerprint density at radius 1 is 1.40 bits per heavy atom. The van der Waals surface area contributed by atoms with Crippen LogP contribution < -0.4 is 5.32 Å². The molecule has 2 unspecified atom stereocenters. The summed E-state index contributed by atoms with van der Waals surface area (Å²) in [7, 11) is 0. The molecule has 1 aliphatic carbocycles. The van der Waals surface area contributed by atoms with E-state index in [4.69, 9.17) is 0 Å². The highest BCUT2D eigenvalue weighted by molar-refractivity contribution is 5.79. The Morgan fingerprint density at radius 3 is 2.53 bits per heavy atom. The van der Waals surface area contributed by atoms with Gasteiger partial charge < -0.3 is 5.32 Å². The maximum absolute atomic E-state index is 11.7. The molecular weight excluding hydrogens is 188 g/mol. The zero-order valence-electron chi connectivity index (χ0n) is 10.2. The number of fused-ring (bicyclic) bond motifs is 1. The molecule has 1 saturated heterocycles. The second-order valence-electron chi connectivity index (χ2n) is 5.72. The van der Waals surface area contributed by atoms with Gasteiger partial charge >= 0.3 is 0 Å². The molecule has 0 aromatic carbocycles. The lowest BCUT2D eigenvalue weighted by Crippen LogP contribution is -2.45. The van der Waals surface area contributed by atoms with Crippen molar-refractivity contribution in [2.45, 2.75) is 45.7 Å². The van der Waals surface area contributed by atoms with Crippen LogP contribution in [0.1, 0.15) is 34.1 Å². The van der Waals surface area contributed by atoms with Crippen LogP contribution in [0.4, 0.5) is 0 Å². The van der Waals surface area contributed by atoms with E-state index < -0.39 is 0 Å². The predicted octanol–water partition coefficient (Wildman–Crippen LogP) is 1.24. The van der Waals surface area contributed by atoms with Gasteiger partial charge in [-0.1, -0.05) is 13.8 Å². The van der Waals surface area contributed by atoms with Gasteiger partial charge in [-0.2, -0.15) is 0 Å². The van der Waals surface area contributed by atoms with E-state index in [-0.39, 0.29) is 17.4 Å². The number of piperidine rings is 1. The summed E-state index contributed by atoms with van der Waals surface area (Å²) in [6.45, 7) is 10.6. The second kappa shape index (κ2) is 3.48. The Morgan fingerprint density at radius 2 is 2.07 bits per heavy atom. The molecule has 2 rings (SSSR count). The third-order valence-electron chi connectivity index (χ3n) is 3.80. The van der Waals surface area contributed by atoms with E-state index in [0.717, 1.165) is 13.1 Å². The zero-order valence-corrected chi connectivity index (χ0v) is 10.2. The lowest BCUT2D eigenvalue weighted by molar-refractivity contribution is -0.125. The van der Waals surface area contributed by atoms with Crippen molar-refractivity contribution in [3.63, 3.8) is 0 Å². The third kappa shape index (κ3) is 1.89. The minimum atomic E-state index is 0.105. The summed E-state index contributed by atoms with van der Waals surface area (Å²) in [6.07, 6.45) is 1.19. The lowest BCUT2D eigenvalue weighted by atomic mass is 10.1. The van der Waals surface area contributed by atoms with Crippen LogP contribution in [0.2, 0.25) is 0 Å². The molecular formula is C12H22N2O. The molecule has 2 aliphatic rings. The highest BCUT2D eigenvalue weighted by atomic mass is 16.2. The zero-order chi connectivity index (χ0) is 11.2. The summed E-state index contributed by atoms with van der Waals surface area (Å²) < 4.78 is 0. The summed E-state index contributed by atoms with van der Waals surface area (Å²) in [6, 6.07) is 0.602. The minimum absolute atomic E-state index is 0.105. The van der Waals surface area contributed by atoms with Crippen LogP contribution in [0.3, 0.4) is 0 Å². The Hall–Kier alpha value is -0.570. The SMILES string of the molecule is CC(C)C(=O)NC12CC1CN(C(C)C)C2. The number of likely N-dealkylation sites (tertiary alicyclic amines) is 1. The Balaban J connectivity index is 1.92. The van der Waals surface area contributed by atoms with E-state index in [9.17, 15) is 4.79 Å². The highest BCUT2D eigenvalue weighted by Gasteiger charge is 2.61. The summed E-state index contributed by atoms with van der Waals surface area (Å²) in [5, 5.41) is 3.23. The van der Waals surface area contributed by atoms with Crippen molar-refractivity contribution in [2.75, 3.05) is 13.1 Å². The molecule has 0 radical (unpaired) electrons. The Labute approximate surface area is 92.2 Å². The first-order valence-corrected chi connectivity index (χ1v) is 6.01. The normalized spacial score (nSPS) is 34.7. The van der Waals surface area contributed by atoms with Gasteiger partial charge in [0.15, 0.2) is 0 Å². The van der Waals surface area contributed by atoms with Gasteiger partial charge in [0.25, 0.3) is 0 Å². The van der Waals surface area contributed by atoms with Crippen molar-refractivity contribution in [1.29, 1.82) is 0 Å². The topological polar surface area (TPSA) is 32.3 Å². The molecule has 1 N–H and O–H groups in total. The summed E-state index contributed by atoms with van der Waals surface area (Å²) in [5.41, 5.74) is 0.144. The van der Waals surface area contributed by atoms with Crippen molar-refractivity contribution >= 4 is 5.91 Å². The smallest absolute Gasteiger partial charge is 0.223 e. The van der Waals surface area contributed by atoms with Crippen LogP contribution in [0, 0.1) is 11.8 Å². The number of hydrogen-bond donors (Lipinski definition) is 1. The van der Waals surface area contributed by atoms with Crippen molar-refractivity contribution in [2.24, 2.45) is 11.8 Å². The largest absolute Gasteiger partial charge is 0.349 e. The first-order chi connectivity index (χ1) is 6.94. The van der Waals surface area contributed by atoms with E-state index in [1.807, 2.05) is 13.8 Å². The standard InChI is InChI=1S/C12H22N2O/c1-8(2)11(15)13-12-5-10(12)6-14(7-12)9(3)4/h8-10H,5-7H2,1-4H3,(H,13,15). The molecule has 86 valence electrons. The molecule has 1 amide bonds. The molecule has 0 aromatic rings. The fraction of sp³-hybridized carbons (Fsp3) is 0.917. The first kappa shape index (κ1) is 10.9. The Kier molecular flexibility index (Phi) is 2.53. The molecule has 1 saturated carbocycles. The molecule has 0 aromatic heterocycles. The first-order valence-electron chi connectivity index (χ1n) is 6.01. The molecule has 2 atom stereocenters. The van der Waals surface area contributed by atoms with Crippen LogP contribution in [0.5, 0.6) is 0 Å². The van der Waals surface area contributed by atoms with Crippen LogP contribution in [0.25, 0.3) is 0 Å².